The maximum absolute atomic E-state index is 10.3. The molecule has 19 heavy (non-hydrogen) atoms. The van der Waals surface area contributed by atoms with Gasteiger partial charge in [-0.3, -0.25) is 4.90 Å². The van der Waals surface area contributed by atoms with Crippen LogP contribution in [0.25, 0.3) is 0 Å². The molecular formula is C16H25NOS. The predicted octanol–water partition coefficient (Wildman–Crippen LogP) is 3.65. The van der Waals surface area contributed by atoms with E-state index in [1.54, 1.807) is 11.3 Å². The van der Waals surface area contributed by atoms with Gasteiger partial charge in [0, 0.05) is 19.1 Å². The Morgan fingerprint density at radius 1 is 1.16 bits per heavy atom. The molecule has 2 atom stereocenters. The summed E-state index contributed by atoms with van der Waals surface area (Å²) in [4.78, 5) is 2.63. The molecule has 0 spiro atoms. The van der Waals surface area contributed by atoms with Gasteiger partial charge in [0.1, 0.15) is 0 Å². The Hall–Kier alpha value is -0.380. The van der Waals surface area contributed by atoms with Crippen molar-refractivity contribution in [1.82, 2.24) is 4.90 Å². The minimum Gasteiger partial charge on any atom is -0.393 e. The van der Waals surface area contributed by atoms with Crippen LogP contribution in [0.3, 0.4) is 0 Å². The lowest BCUT2D eigenvalue weighted by Crippen LogP contribution is -2.35. The molecule has 0 aliphatic heterocycles. The summed E-state index contributed by atoms with van der Waals surface area (Å²) in [7, 11) is 0. The molecular weight excluding hydrogens is 254 g/mol. The molecule has 1 aromatic heterocycles. The van der Waals surface area contributed by atoms with Gasteiger partial charge < -0.3 is 5.11 Å². The Morgan fingerprint density at radius 3 is 2.74 bits per heavy atom. The van der Waals surface area contributed by atoms with Crippen LogP contribution in [-0.2, 0) is 6.54 Å². The molecule has 1 aromatic rings. The fraction of sp³-hybridized carbons (Fsp3) is 0.750. The van der Waals surface area contributed by atoms with Crippen LogP contribution in [0.4, 0.5) is 0 Å². The molecule has 1 heterocycles. The first-order valence-electron chi connectivity index (χ1n) is 7.76. The maximum atomic E-state index is 10.3. The molecule has 106 valence electrons. The van der Waals surface area contributed by atoms with Crippen molar-refractivity contribution in [2.24, 2.45) is 5.92 Å². The van der Waals surface area contributed by atoms with E-state index >= 15 is 0 Å². The summed E-state index contributed by atoms with van der Waals surface area (Å²) >= 11 is 1.79. The molecule has 3 heteroatoms. The fourth-order valence-electron chi connectivity index (χ4n) is 3.28. The first-order chi connectivity index (χ1) is 9.33. The Kier molecular flexibility index (Phi) is 4.57. The number of aliphatic hydroxyl groups is 1. The summed E-state index contributed by atoms with van der Waals surface area (Å²) in [6, 6.07) is 3.03. The molecule has 2 unspecified atom stereocenters. The molecule has 2 fully saturated rings. The van der Waals surface area contributed by atoms with Crippen molar-refractivity contribution in [2.75, 3.05) is 6.54 Å². The van der Waals surface area contributed by atoms with Crippen LogP contribution in [0, 0.1) is 5.92 Å². The zero-order valence-electron chi connectivity index (χ0n) is 11.6. The smallest absolute Gasteiger partial charge is 0.0580 e. The molecule has 0 radical (unpaired) electrons. The summed E-state index contributed by atoms with van der Waals surface area (Å²) in [5.41, 5.74) is 1.44. The lowest BCUT2D eigenvalue weighted by molar-refractivity contribution is 0.0690. The van der Waals surface area contributed by atoms with Crippen molar-refractivity contribution in [3.05, 3.63) is 22.4 Å². The predicted molar refractivity (Wildman–Crippen MR) is 80.3 cm³/mol. The Bertz CT molecular complexity index is 374. The van der Waals surface area contributed by atoms with Crippen LogP contribution < -0.4 is 0 Å². The van der Waals surface area contributed by atoms with Crippen molar-refractivity contribution >= 4 is 11.3 Å². The topological polar surface area (TPSA) is 23.5 Å². The number of thiophene rings is 1. The average Bonchev–Trinajstić information content (AvgIpc) is 3.16. The summed E-state index contributed by atoms with van der Waals surface area (Å²) in [5, 5.41) is 14.7. The lowest BCUT2D eigenvalue weighted by Gasteiger charge is -2.29. The minimum absolute atomic E-state index is 0.0637. The zero-order chi connectivity index (χ0) is 13.1. The molecule has 0 bridgehead atoms. The first kappa shape index (κ1) is 13.6. The number of hydrogen-bond acceptors (Lipinski definition) is 3. The van der Waals surface area contributed by atoms with Crippen molar-refractivity contribution in [1.29, 1.82) is 0 Å². The third-order valence-corrected chi connectivity index (χ3v) is 5.35. The van der Waals surface area contributed by atoms with E-state index in [9.17, 15) is 5.11 Å². The van der Waals surface area contributed by atoms with E-state index < -0.39 is 0 Å². The molecule has 2 aliphatic rings. The number of rotatable bonds is 5. The van der Waals surface area contributed by atoms with E-state index in [-0.39, 0.29) is 6.10 Å². The van der Waals surface area contributed by atoms with Gasteiger partial charge in [-0.15, -0.1) is 0 Å². The van der Waals surface area contributed by atoms with Gasteiger partial charge in [-0.05, 0) is 54.0 Å². The van der Waals surface area contributed by atoms with Gasteiger partial charge in [0.15, 0.2) is 0 Å². The molecule has 3 rings (SSSR count). The van der Waals surface area contributed by atoms with Crippen molar-refractivity contribution in [3.8, 4) is 0 Å². The van der Waals surface area contributed by atoms with E-state index in [1.165, 1.54) is 44.1 Å². The van der Waals surface area contributed by atoms with Gasteiger partial charge in [0.2, 0.25) is 0 Å². The highest BCUT2D eigenvalue weighted by Crippen LogP contribution is 2.32. The molecule has 0 amide bonds. The minimum atomic E-state index is -0.0637. The third kappa shape index (κ3) is 3.80. The number of nitrogens with zero attached hydrogens (tertiary/aromatic N) is 1. The van der Waals surface area contributed by atoms with Gasteiger partial charge in [-0.2, -0.15) is 11.3 Å². The van der Waals surface area contributed by atoms with E-state index in [0.717, 1.165) is 25.6 Å². The summed E-state index contributed by atoms with van der Waals surface area (Å²) in [6.45, 7) is 2.18. The van der Waals surface area contributed by atoms with Crippen molar-refractivity contribution in [3.63, 3.8) is 0 Å². The van der Waals surface area contributed by atoms with Crippen LogP contribution in [0.2, 0.25) is 0 Å². The van der Waals surface area contributed by atoms with Crippen molar-refractivity contribution in [2.45, 2.75) is 63.6 Å². The third-order valence-electron chi connectivity index (χ3n) is 4.62. The SMILES string of the molecule is OC1CCCCCC1CN(Cc1ccsc1)C1CC1. The van der Waals surface area contributed by atoms with E-state index in [0.29, 0.717) is 5.92 Å². The Balaban J connectivity index is 1.60. The quantitative estimate of drug-likeness (QED) is 0.832. The van der Waals surface area contributed by atoms with Gasteiger partial charge >= 0.3 is 0 Å². The highest BCUT2D eigenvalue weighted by atomic mass is 32.1. The van der Waals surface area contributed by atoms with Gasteiger partial charge in [-0.25, -0.2) is 0 Å². The van der Waals surface area contributed by atoms with Crippen LogP contribution in [-0.4, -0.2) is 28.7 Å². The zero-order valence-corrected chi connectivity index (χ0v) is 12.4. The maximum Gasteiger partial charge on any atom is 0.0580 e. The van der Waals surface area contributed by atoms with Crippen LogP contribution in [0.15, 0.2) is 16.8 Å². The number of aliphatic hydroxyl groups excluding tert-OH is 1. The largest absolute Gasteiger partial charge is 0.393 e. The highest BCUT2D eigenvalue weighted by molar-refractivity contribution is 7.07. The molecule has 2 nitrogen and oxygen atoms in total. The fourth-order valence-corrected chi connectivity index (χ4v) is 3.94. The monoisotopic (exact) mass is 279 g/mol. The summed E-state index contributed by atoms with van der Waals surface area (Å²) < 4.78 is 0. The van der Waals surface area contributed by atoms with E-state index in [1.807, 2.05) is 0 Å². The average molecular weight is 279 g/mol. The first-order valence-corrected chi connectivity index (χ1v) is 8.70. The van der Waals surface area contributed by atoms with Gasteiger partial charge in [0.05, 0.1) is 6.10 Å². The molecule has 0 aromatic carbocycles. The highest BCUT2D eigenvalue weighted by Gasteiger charge is 2.32. The van der Waals surface area contributed by atoms with Crippen LogP contribution >= 0.6 is 11.3 Å². The van der Waals surface area contributed by atoms with Gasteiger partial charge in [-0.1, -0.05) is 19.3 Å². The Morgan fingerprint density at radius 2 is 2.00 bits per heavy atom. The normalized spacial score (nSPS) is 28.5. The molecule has 0 saturated heterocycles. The second-order valence-corrected chi connectivity index (χ2v) is 7.04. The van der Waals surface area contributed by atoms with E-state index in [4.69, 9.17) is 0 Å². The standard InChI is InChI=1S/C16H25NOS/c18-16-5-3-1-2-4-14(16)11-17(15-6-7-15)10-13-8-9-19-12-13/h8-9,12,14-16,18H,1-7,10-11H2. The molecule has 1 N–H and O–H groups in total. The lowest BCUT2D eigenvalue weighted by atomic mass is 9.96. The summed E-state index contributed by atoms with van der Waals surface area (Å²) in [5.74, 6) is 0.502. The summed E-state index contributed by atoms with van der Waals surface area (Å²) in [6.07, 6.45) is 8.70. The van der Waals surface area contributed by atoms with Crippen LogP contribution in [0.5, 0.6) is 0 Å². The second kappa shape index (κ2) is 6.38. The molecule has 2 saturated carbocycles. The molecule has 2 aliphatic carbocycles. The van der Waals surface area contributed by atoms with Crippen molar-refractivity contribution < 1.29 is 5.11 Å². The van der Waals surface area contributed by atoms with E-state index in [2.05, 4.69) is 21.7 Å². The van der Waals surface area contributed by atoms with Crippen LogP contribution in [0.1, 0.15) is 50.5 Å². The number of hydrogen-bond donors (Lipinski definition) is 1. The Labute approximate surface area is 120 Å². The van der Waals surface area contributed by atoms with Gasteiger partial charge in [0.25, 0.3) is 0 Å². The second-order valence-electron chi connectivity index (χ2n) is 6.26.